The molecule has 2 nitrogen and oxygen atoms in total. The molecule has 2 aromatic rings. The number of ketones is 1. The van der Waals surface area contributed by atoms with Gasteiger partial charge in [-0.3, -0.25) is 4.79 Å². The van der Waals surface area contributed by atoms with Crippen LogP contribution in [0.2, 0.25) is 0 Å². The Kier molecular flexibility index (Phi) is 4.84. The molecule has 0 aliphatic rings. The highest BCUT2D eigenvalue weighted by molar-refractivity contribution is 9.10. The molecule has 21 heavy (non-hydrogen) atoms. The maximum Gasteiger partial charge on any atom is 0.203 e. The van der Waals surface area contributed by atoms with Crippen molar-refractivity contribution in [3.05, 3.63) is 63.1 Å². The summed E-state index contributed by atoms with van der Waals surface area (Å²) in [7, 11) is 0. The maximum absolute atomic E-state index is 12.5. The second-order valence-electron chi connectivity index (χ2n) is 5.36. The van der Waals surface area contributed by atoms with Crippen LogP contribution in [0.25, 0.3) is 0 Å². The summed E-state index contributed by atoms with van der Waals surface area (Å²) in [5.41, 5.74) is 4.13. The predicted octanol–water partition coefficient (Wildman–Crippen LogP) is 5.02. The number of Topliss-reactive ketones (excluding diaryl/α,β-unsaturated/α-hetero) is 1. The summed E-state index contributed by atoms with van der Waals surface area (Å²) in [5, 5.41) is 0. The first-order valence-electron chi connectivity index (χ1n) is 6.93. The number of rotatable bonds is 4. The van der Waals surface area contributed by atoms with Gasteiger partial charge in [-0.1, -0.05) is 18.2 Å². The molecule has 110 valence electrons. The van der Waals surface area contributed by atoms with E-state index in [2.05, 4.69) is 15.9 Å². The van der Waals surface area contributed by atoms with Crippen LogP contribution in [0.15, 0.2) is 40.9 Å². The van der Waals surface area contributed by atoms with E-state index in [4.69, 9.17) is 4.74 Å². The van der Waals surface area contributed by atoms with E-state index in [1.165, 1.54) is 5.56 Å². The van der Waals surface area contributed by atoms with Crippen LogP contribution in [0.1, 0.15) is 34.0 Å². The Morgan fingerprint density at radius 2 is 1.76 bits per heavy atom. The minimum Gasteiger partial charge on any atom is -0.481 e. The highest BCUT2D eigenvalue weighted by Crippen LogP contribution is 2.27. The molecule has 0 spiro atoms. The van der Waals surface area contributed by atoms with E-state index in [9.17, 15) is 4.79 Å². The van der Waals surface area contributed by atoms with E-state index >= 15 is 0 Å². The molecule has 1 unspecified atom stereocenters. The van der Waals surface area contributed by atoms with Gasteiger partial charge < -0.3 is 4.74 Å². The zero-order valence-corrected chi connectivity index (χ0v) is 14.3. The molecule has 0 bridgehead atoms. The molecule has 0 radical (unpaired) electrons. The van der Waals surface area contributed by atoms with E-state index in [-0.39, 0.29) is 5.78 Å². The van der Waals surface area contributed by atoms with Crippen LogP contribution in [0.4, 0.5) is 0 Å². The van der Waals surface area contributed by atoms with Crippen molar-refractivity contribution in [2.75, 3.05) is 0 Å². The van der Waals surface area contributed by atoms with Crippen molar-refractivity contribution in [2.24, 2.45) is 0 Å². The zero-order valence-electron chi connectivity index (χ0n) is 12.7. The molecular weight excluding hydrogens is 328 g/mol. The predicted molar refractivity (Wildman–Crippen MR) is 89.2 cm³/mol. The summed E-state index contributed by atoms with van der Waals surface area (Å²) >= 11 is 3.47. The van der Waals surface area contributed by atoms with Crippen molar-refractivity contribution in [2.45, 2.75) is 33.8 Å². The molecule has 0 saturated carbocycles. The average molecular weight is 347 g/mol. The van der Waals surface area contributed by atoms with Crippen LogP contribution in [0.5, 0.6) is 5.75 Å². The van der Waals surface area contributed by atoms with E-state index in [1.807, 2.05) is 57.2 Å². The number of carbonyl (C=O) groups is 1. The molecule has 0 fully saturated rings. The van der Waals surface area contributed by atoms with Crippen molar-refractivity contribution in [3.8, 4) is 5.75 Å². The molecule has 0 N–H and O–H groups in total. The third-order valence-corrected chi connectivity index (χ3v) is 4.17. The van der Waals surface area contributed by atoms with Crippen LogP contribution in [-0.4, -0.2) is 11.9 Å². The first-order valence-corrected chi connectivity index (χ1v) is 7.72. The molecule has 3 heteroatoms. The highest BCUT2D eigenvalue weighted by atomic mass is 79.9. The van der Waals surface area contributed by atoms with Gasteiger partial charge in [0.25, 0.3) is 0 Å². The summed E-state index contributed by atoms with van der Waals surface area (Å²) < 4.78 is 6.65. The van der Waals surface area contributed by atoms with Crippen LogP contribution in [0.3, 0.4) is 0 Å². The first-order chi connectivity index (χ1) is 9.88. The topological polar surface area (TPSA) is 26.3 Å². The van der Waals surface area contributed by atoms with Gasteiger partial charge in [-0.05, 0) is 78.5 Å². The fourth-order valence-corrected chi connectivity index (χ4v) is 2.66. The van der Waals surface area contributed by atoms with Crippen molar-refractivity contribution < 1.29 is 9.53 Å². The molecule has 0 amide bonds. The number of hydrogen-bond donors (Lipinski definition) is 0. The molecule has 0 heterocycles. The number of halogens is 1. The average Bonchev–Trinajstić information content (AvgIpc) is 2.44. The molecule has 0 aliphatic heterocycles. The minimum absolute atomic E-state index is 0.00873. The Hall–Kier alpha value is -1.61. The number of carbonyl (C=O) groups excluding carboxylic acids is 1. The van der Waals surface area contributed by atoms with Gasteiger partial charge in [-0.2, -0.15) is 0 Å². The van der Waals surface area contributed by atoms with E-state index in [0.717, 1.165) is 15.6 Å². The lowest BCUT2D eigenvalue weighted by Gasteiger charge is -2.16. The number of benzene rings is 2. The van der Waals surface area contributed by atoms with Gasteiger partial charge in [0.2, 0.25) is 5.78 Å². The summed E-state index contributed by atoms with van der Waals surface area (Å²) in [6.45, 7) is 7.84. The fraction of sp³-hybridized carbons (Fsp3) is 0.278. The molecular formula is C18H19BrO2. The Morgan fingerprint density at radius 3 is 2.38 bits per heavy atom. The molecule has 2 rings (SSSR count). The lowest BCUT2D eigenvalue weighted by molar-refractivity contribution is 0.0817. The number of hydrogen-bond acceptors (Lipinski definition) is 2. The third-order valence-electron chi connectivity index (χ3n) is 3.55. The van der Waals surface area contributed by atoms with Crippen LogP contribution < -0.4 is 4.74 Å². The lowest BCUT2D eigenvalue weighted by Crippen LogP contribution is -2.24. The van der Waals surface area contributed by atoms with Crippen molar-refractivity contribution >= 4 is 21.7 Å². The number of aryl methyl sites for hydroxylation is 3. The van der Waals surface area contributed by atoms with Gasteiger partial charge in [0.05, 0.1) is 4.47 Å². The van der Waals surface area contributed by atoms with Crippen LogP contribution in [-0.2, 0) is 0 Å². The van der Waals surface area contributed by atoms with Crippen molar-refractivity contribution in [1.29, 1.82) is 0 Å². The SMILES string of the molecule is Cc1ccc(OC(C)C(=O)c2ccc(C)c(C)c2)c(Br)c1. The molecule has 0 aliphatic carbocycles. The second kappa shape index (κ2) is 6.44. The molecule has 0 aromatic heterocycles. The van der Waals surface area contributed by atoms with Crippen molar-refractivity contribution in [1.82, 2.24) is 0 Å². The van der Waals surface area contributed by atoms with Crippen LogP contribution in [0, 0.1) is 20.8 Å². The smallest absolute Gasteiger partial charge is 0.203 e. The highest BCUT2D eigenvalue weighted by Gasteiger charge is 2.18. The summed E-state index contributed by atoms with van der Waals surface area (Å²) in [5.74, 6) is 0.677. The zero-order chi connectivity index (χ0) is 15.6. The quantitative estimate of drug-likeness (QED) is 0.726. The largest absolute Gasteiger partial charge is 0.481 e. The van der Waals surface area contributed by atoms with Gasteiger partial charge in [-0.15, -0.1) is 0 Å². The van der Waals surface area contributed by atoms with Crippen LogP contribution >= 0.6 is 15.9 Å². The summed E-state index contributed by atoms with van der Waals surface area (Å²) in [6.07, 6.45) is -0.522. The lowest BCUT2D eigenvalue weighted by atomic mass is 10.0. The Morgan fingerprint density at radius 1 is 1.05 bits per heavy atom. The standard InChI is InChI=1S/C18H19BrO2/c1-11-5-8-17(16(19)9-11)21-14(4)18(20)15-7-6-12(2)13(3)10-15/h5-10,14H,1-4H3. The first kappa shape index (κ1) is 15.8. The Balaban J connectivity index is 2.17. The van der Waals surface area contributed by atoms with Gasteiger partial charge >= 0.3 is 0 Å². The van der Waals surface area contributed by atoms with Gasteiger partial charge in [0, 0.05) is 5.56 Å². The monoisotopic (exact) mass is 346 g/mol. The molecule has 1 atom stereocenters. The Labute approximate surface area is 134 Å². The minimum atomic E-state index is -0.522. The van der Waals surface area contributed by atoms with Gasteiger partial charge in [0.1, 0.15) is 5.75 Å². The van der Waals surface area contributed by atoms with Crippen molar-refractivity contribution in [3.63, 3.8) is 0 Å². The molecule has 2 aromatic carbocycles. The summed E-state index contributed by atoms with van der Waals surface area (Å²) in [4.78, 5) is 12.5. The second-order valence-corrected chi connectivity index (χ2v) is 6.21. The van der Waals surface area contributed by atoms with E-state index in [0.29, 0.717) is 11.3 Å². The van der Waals surface area contributed by atoms with E-state index < -0.39 is 6.10 Å². The normalized spacial score (nSPS) is 12.0. The molecule has 0 saturated heterocycles. The van der Waals surface area contributed by atoms with Gasteiger partial charge in [0.15, 0.2) is 6.10 Å². The summed E-state index contributed by atoms with van der Waals surface area (Å²) in [6, 6.07) is 11.6. The fourth-order valence-electron chi connectivity index (χ4n) is 2.07. The van der Waals surface area contributed by atoms with E-state index in [1.54, 1.807) is 6.92 Å². The Bertz CT molecular complexity index is 677. The maximum atomic E-state index is 12.5. The van der Waals surface area contributed by atoms with Gasteiger partial charge in [-0.25, -0.2) is 0 Å². The third kappa shape index (κ3) is 3.73. The number of ether oxygens (including phenoxy) is 1.